The fraction of sp³-hybridized carbons (Fsp3) is 0.381. The highest BCUT2D eigenvalue weighted by atomic mass is 35.5. The monoisotopic (exact) mass is 459 g/mol. The molecule has 1 N–H and O–H groups in total. The molecule has 0 aliphatic heterocycles. The SMILES string of the molecule is Cc1cc(Cl)ccc1C(=O)N[C@H]1CC[C@H](S(=O)(=O)c2cccc(C(F)(F)F)c2)CC1. The summed E-state index contributed by atoms with van der Waals surface area (Å²) in [5.74, 6) is -0.256. The largest absolute Gasteiger partial charge is 0.416 e. The van der Waals surface area contributed by atoms with Gasteiger partial charge in [0.15, 0.2) is 9.84 Å². The van der Waals surface area contributed by atoms with Crippen LogP contribution in [0.15, 0.2) is 47.4 Å². The zero-order valence-corrected chi connectivity index (χ0v) is 17.7. The number of hydrogen-bond acceptors (Lipinski definition) is 3. The molecule has 1 amide bonds. The van der Waals surface area contributed by atoms with E-state index in [1.54, 1.807) is 25.1 Å². The number of carbonyl (C=O) groups excluding carboxylic acids is 1. The Morgan fingerprint density at radius 1 is 1.07 bits per heavy atom. The summed E-state index contributed by atoms with van der Waals surface area (Å²) in [6.07, 6.45) is -3.21. The van der Waals surface area contributed by atoms with Crippen LogP contribution in [0.2, 0.25) is 5.02 Å². The Kier molecular flexibility index (Phi) is 6.48. The molecule has 1 fully saturated rings. The minimum Gasteiger partial charge on any atom is -0.349 e. The Balaban J connectivity index is 1.65. The molecule has 0 bridgehead atoms. The Labute approximate surface area is 178 Å². The molecule has 0 heterocycles. The lowest BCUT2D eigenvalue weighted by Gasteiger charge is -2.29. The smallest absolute Gasteiger partial charge is 0.349 e. The van der Waals surface area contributed by atoms with Crippen molar-refractivity contribution in [2.75, 3.05) is 0 Å². The number of hydrogen-bond donors (Lipinski definition) is 1. The van der Waals surface area contributed by atoms with E-state index in [0.717, 1.165) is 17.7 Å². The van der Waals surface area contributed by atoms with Crippen LogP contribution < -0.4 is 5.32 Å². The Morgan fingerprint density at radius 2 is 1.73 bits per heavy atom. The molecule has 0 aromatic heterocycles. The van der Waals surface area contributed by atoms with E-state index >= 15 is 0 Å². The summed E-state index contributed by atoms with van der Waals surface area (Å²) in [6.45, 7) is 1.78. The van der Waals surface area contributed by atoms with Gasteiger partial charge in [-0.1, -0.05) is 17.7 Å². The van der Waals surface area contributed by atoms with Crippen molar-refractivity contribution < 1.29 is 26.4 Å². The molecule has 2 aromatic rings. The van der Waals surface area contributed by atoms with Crippen LogP contribution in [-0.4, -0.2) is 25.6 Å². The maximum Gasteiger partial charge on any atom is 0.416 e. The van der Waals surface area contributed by atoms with Gasteiger partial charge in [-0.05, 0) is 74.6 Å². The molecule has 4 nitrogen and oxygen atoms in total. The lowest BCUT2D eigenvalue weighted by atomic mass is 9.94. The number of alkyl halides is 3. The van der Waals surface area contributed by atoms with Gasteiger partial charge in [-0.25, -0.2) is 8.42 Å². The van der Waals surface area contributed by atoms with Crippen molar-refractivity contribution in [1.29, 1.82) is 0 Å². The summed E-state index contributed by atoms with van der Waals surface area (Å²) < 4.78 is 64.4. The number of rotatable bonds is 4. The number of aryl methyl sites for hydroxylation is 1. The molecule has 2 aromatic carbocycles. The maximum absolute atomic E-state index is 12.9. The summed E-state index contributed by atoms with van der Waals surface area (Å²) in [5, 5.41) is 2.67. The lowest BCUT2D eigenvalue weighted by molar-refractivity contribution is -0.137. The van der Waals surface area contributed by atoms with Gasteiger partial charge in [-0.2, -0.15) is 13.2 Å². The Morgan fingerprint density at radius 3 is 2.33 bits per heavy atom. The van der Waals surface area contributed by atoms with E-state index in [-0.39, 0.29) is 29.7 Å². The van der Waals surface area contributed by atoms with Crippen molar-refractivity contribution in [1.82, 2.24) is 5.32 Å². The summed E-state index contributed by atoms with van der Waals surface area (Å²) >= 11 is 5.91. The van der Waals surface area contributed by atoms with Crippen molar-refractivity contribution in [2.24, 2.45) is 0 Å². The third-order valence-corrected chi connectivity index (χ3v) is 7.87. The van der Waals surface area contributed by atoms with Gasteiger partial charge in [0.1, 0.15) is 0 Å². The average molecular weight is 460 g/mol. The summed E-state index contributed by atoms with van der Waals surface area (Å²) in [7, 11) is -3.89. The van der Waals surface area contributed by atoms with E-state index in [2.05, 4.69) is 5.32 Å². The number of amides is 1. The summed E-state index contributed by atoms with van der Waals surface area (Å²) in [4.78, 5) is 12.2. The Bertz CT molecular complexity index is 1050. The first-order chi connectivity index (χ1) is 14.0. The second-order valence-corrected chi connectivity index (χ2v) is 10.1. The highest BCUT2D eigenvalue weighted by Crippen LogP contribution is 2.34. The van der Waals surface area contributed by atoms with Crippen LogP contribution in [0.25, 0.3) is 0 Å². The molecule has 3 rings (SSSR count). The molecule has 9 heteroatoms. The van der Waals surface area contributed by atoms with Crippen molar-refractivity contribution in [3.05, 3.63) is 64.2 Å². The predicted molar refractivity (Wildman–Crippen MR) is 108 cm³/mol. The van der Waals surface area contributed by atoms with Gasteiger partial charge in [0.25, 0.3) is 5.91 Å². The van der Waals surface area contributed by atoms with Crippen molar-refractivity contribution in [3.8, 4) is 0 Å². The standard InChI is InChI=1S/C21H21ClF3NO3S/c1-13-11-15(22)5-10-19(13)20(27)26-16-6-8-17(9-7-16)30(28,29)18-4-2-3-14(12-18)21(23,24)25/h2-5,10-12,16-17H,6-9H2,1H3,(H,26,27)/t16-,17-. The van der Waals surface area contributed by atoms with Gasteiger partial charge >= 0.3 is 6.18 Å². The van der Waals surface area contributed by atoms with Gasteiger partial charge < -0.3 is 5.32 Å². The normalized spacial score (nSPS) is 20.0. The number of carbonyl (C=O) groups is 1. The molecule has 0 unspecified atom stereocenters. The van der Waals surface area contributed by atoms with Crippen LogP contribution >= 0.6 is 11.6 Å². The van der Waals surface area contributed by atoms with Crippen molar-refractivity contribution in [3.63, 3.8) is 0 Å². The van der Waals surface area contributed by atoms with E-state index in [0.29, 0.717) is 29.5 Å². The topological polar surface area (TPSA) is 63.2 Å². The molecule has 0 saturated heterocycles. The zero-order valence-electron chi connectivity index (χ0n) is 16.2. The summed E-state index contributed by atoms with van der Waals surface area (Å²) in [6, 6.07) is 8.60. The predicted octanol–water partition coefficient (Wildman–Crippen LogP) is 5.18. The van der Waals surface area contributed by atoms with Gasteiger partial charge in [0.05, 0.1) is 15.7 Å². The van der Waals surface area contributed by atoms with Crippen molar-refractivity contribution in [2.45, 2.75) is 55.0 Å². The molecule has 1 saturated carbocycles. The average Bonchev–Trinajstić information content (AvgIpc) is 2.67. The van der Waals surface area contributed by atoms with Crippen molar-refractivity contribution >= 4 is 27.3 Å². The van der Waals surface area contributed by atoms with Gasteiger partial charge in [0, 0.05) is 16.6 Å². The fourth-order valence-corrected chi connectivity index (χ4v) is 5.77. The first-order valence-corrected chi connectivity index (χ1v) is 11.4. The zero-order chi connectivity index (χ0) is 22.1. The van der Waals surface area contributed by atoms with Gasteiger partial charge in [-0.15, -0.1) is 0 Å². The fourth-order valence-electron chi connectivity index (χ4n) is 3.70. The molecular formula is C21H21ClF3NO3S. The van der Waals surface area contributed by atoms with Crippen LogP contribution in [-0.2, 0) is 16.0 Å². The van der Waals surface area contributed by atoms with E-state index < -0.39 is 26.8 Å². The minimum absolute atomic E-state index is 0.194. The first kappa shape index (κ1) is 22.6. The van der Waals surface area contributed by atoms with E-state index in [4.69, 9.17) is 11.6 Å². The van der Waals surface area contributed by atoms with Gasteiger partial charge in [0.2, 0.25) is 0 Å². The highest BCUT2D eigenvalue weighted by molar-refractivity contribution is 7.92. The van der Waals surface area contributed by atoms with Crippen LogP contribution in [0, 0.1) is 6.92 Å². The van der Waals surface area contributed by atoms with Crippen LogP contribution in [0.3, 0.4) is 0 Å². The number of nitrogens with one attached hydrogen (secondary N) is 1. The second-order valence-electron chi connectivity index (χ2n) is 7.48. The Hall–Kier alpha value is -2.06. The summed E-state index contributed by atoms with van der Waals surface area (Å²) in [5.41, 5.74) is 0.252. The third-order valence-electron chi connectivity index (χ3n) is 5.37. The van der Waals surface area contributed by atoms with Gasteiger partial charge in [-0.3, -0.25) is 4.79 Å². The quantitative estimate of drug-likeness (QED) is 0.685. The van der Waals surface area contributed by atoms with E-state index in [9.17, 15) is 26.4 Å². The molecule has 0 radical (unpaired) electrons. The minimum atomic E-state index is -4.60. The molecule has 1 aliphatic rings. The van der Waals surface area contributed by atoms with Crippen LogP contribution in [0.4, 0.5) is 13.2 Å². The second kappa shape index (κ2) is 8.59. The number of benzene rings is 2. The molecular weight excluding hydrogens is 439 g/mol. The van der Waals surface area contributed by atoms with Crippen LogP contribution in [0.1, 0.15) is 47.2 Å². The first-order valence-electron chi connectivity index (χ1n) is 9.46. The molecule has 162 valence electrons. The van der Waals surface area contributed by atoms with E-state index in [1.807, 2.05) is 0 Å². The lowest BCUT2D eigenvalue weighted by Crippen LogP contribution is -2.40. The van der Waals surface area contributed by atoms with E-state index in [1.165, 1.54) is 6.07 Å². The number of halogens is 4. The third kappa shape index (κ3) is 4.98. The molecule has 1 aliphatic carbocycles. The van der Waals surface area contributed by atoms with Crippen LogP contribution in [0.5, 0.6) is 0 Å². The molecule has 0 atom stereocenters. The molecule has 30 heavy (non-hydrogen) atoms. The number of sulfone groups is 1. The maximum atomic E-state index is 12.9. The molecule has 0 spiro atoms. The highest BCUT2D eigenvalue weighted by Gasteiger charge is 2.35.